The average molecular weight is 221 g/mol. The summed E-state index contributed by atoms with van der Waals surface area (Å²) in [6.07, 6.45) is 1.01. The van der Waals surface area contributed by atoms with Gasteiger partial charge < -0.3 is 10.5 Å². The van der Waals surface area contributed by atoms with Crippen LogP contribution < -0.4 is 10.5 Å². The van der Waals surface area contributed by atoms with E-state index in [4.69, 9.17) is 10.5 Å². The zero-order chi connectivity index (χ0) is 12.2. The minimum atomic E-state index is -0.635. The first-order chi connectivity index (χ1) is 7.45. The molecule has 3 heteroatoms. The summed E-state index contributed by atoms with van der Waals surface area (Å²) >= 11 is 0. The highest BCUT2D eigenvalue weighted by atomic mass is 16.5. The summed E-state index contributed by atoms with van der Waals surface area (Å²) in [4.78, 5) is 11.1. The van der Waals surface area contributed by atoms with Gasteiger partial charge in [0.1, 0.15) is 12.4 Å². The third kappa shape index (κ3) is 3.26. The van der Waals surface area contributed by atoms with E-state index in [0.717, 1.165) is 12.2 Å². The van der Waals surface area contributed by atoms with Gasteiger partial charge in [-0.1, -0.05) is 19.1 Å². The van der Waals surface area contributed by atoms with Gasteiger partial charge in [-0.15, -0.1) is 0 Å². The van der Waals surface area contributed by atoms with Gasteiger partial charge in [-0.3, -0.25) is 4.79 Å². The number of ether oxygens (including phenoxy) is 1. The van der Waals surface area contributed by atoms with Crippen LogP contribution in [0.3, 0.4) is 0 Å². The molecule has 0 spiro atoms. The van der Waals surface area contributed by atoms with Crippen molar-refractivity contribution in [2.75, 3.05) is 6.61 Å². The minimum Gasteiger partial charge on any atom is -0.492 e. The molecule has 16 heavy (non-hydrogen) atoms. The largest absolute Gasteiger partial charge is 0.492 e. The number of primary amides is 1. The van der Waals surface area contributed by atoms with Crippen molar-refractivity contribution in [3.63, 3.8) is 0 Å². The van der Waals surface area contributed by atoms with Crippen molar-refractivity contribution in [1.82, 2.24) is 0 Å². The SMILES string of the molecule is CCc1ccc(OCC(C)(C)C(N)=O)cc1. The predicted molar refractivity (Wildman–Crippen MR) is 64.3 cm³/mol. The Bertz CT molecular complexity index is 355. The standard InChI is InChI=1S/C13H19NO2/c1-4-10-5-7-11(8-6-10)16-9-13(2,3)12(14)15/h5-8H,4,9H2,1-3H3,(H2,14,15). The molecule has 0 saturated heterocycles. The van der Waals surface area contributed by atoms with Crippen molar-refractivity contribution in [3.8, 4) is 5.75 Å². The Morgan fingerprint density at radius 3 is 2.31 bits per heavy atom. The summed E-state index contributed by atoms with van der Waals surface area (Å²) in [6.45, 7) is 5.95. The van der Waals surface area contributed by atoms with Crippen LogP contribution in [0.2, 0.25) is 0 Å². The van der Waals surface area contributed by atoms with E-state index < -0.39 is 5.41 Å². The monoisotopic (exact) mass is 221 g/mol. The van der Waals surface area contributed by atoms with Gasteiger partial charge in [0.2, 0.25) is 5.91 Å². The highest BCUT2D eigenvalue weighted by molar-refractivity contribution is 5.80. The highest BCUT2D eigenvalue weighted by Crippen LogP contribution is 2.18. The van der Waals surface area contributed by atoms with Crippen LogP contribution in [-0.4, -0.2) is 12.5 Å². The smallest absolute Gasteiger partial charge is 0.226 e. The second-order valence-corrected chi connectivity index (χ2v) is 4.53. The van der Waals surface area contributed by atoms with E-state index in [1.165, 1.54) is 5.56 Å². The second kappa shape index (κ2) is 5.01. The van der Waals surface area contributed by atoms with E-state index in [1.54, 1.807) is 13.8 Å². The fourth-order valence-electron chi connectivity index (χ4n) is 1.16. The van der Waals surface area contributed by atoms with Crippen molar-refractivity contribution in [1.29, 1.82) is 0 Å². The molecule has 0 aliphatic heterocycles. The number of aryl methyl sites for hydroxylation is 1. The first-order valence-electron chi connectivity index (χ1n) is 5.47. The van der Waals surface area contributed by atoms with Gasteiger partial charge in [0.05, 0.1) is 5.41 Å². The third-order valence-corrected chi connectivity index (χ3v) is 2.60. The second-order valence-electron chi connectivity index (χ2n) is 4.53. The molecule has 1 amide bonds. The molecule has 1 aromatic rings. The molecule has 2 N–H and O–H groups in total. The quantitative estimate of drug-likeness (QED) is 0.828. The van der Waals surface area contributed by atoms with Crippen LogP contribution >= 0.6 is 0 Å². The number of carbonyl (C=O) groups excluding carboxylic acids is 1. The Labute approximate surface area is 96.6 Å². The molecular formula is C13H19NO2. The molecule has 0 aromatic heterocycles. The molecule has 0 aliphatic carbocycles. The first kappa shape index (κ1) is 12.6. The summed E-state index contributed by atoms with van der Waals surface area (Å²) in [5.74, 6) is 0.421. The minimum absolute atomic E-state index is 0.299. The fourth-order valence-corrected chi connectivity index (χ4v) is 1.16. The van der Waals surface area contributed by atoms with Gasteiger partial charge in [-0.25, -0.2) is 0 Å². The van der Waals surface area contributed by atoms with Gasteiger partial charge in [0.25, 0.3) is 0 Å². The summed E-state index contributed by atoms with van der Waals surface area (Å²) in [5.41, 5.74) is 5.89. The molecular weight excluding hydrogens is 202 g/mol. The molecule has 0 saturated carbocycles. The van der Waals surface area contributed by atoms with Crippen molar-refractivity contribution in [2.24, 2.45) is 11.1 Å². The van der Waals surface area contributed by atoms with Crippen LogP contribution in [-0.2, 0) is 11.2 Å². The van der Waals surface area contributed by atoms with Crippen molar-refractivity contribution in [3.05, 3.63) is 29.8 Å². The summed E-state index contributed by atoms with van der Waals surface area (Å²) in [7, 11) is 0. The van der Waals surface area contributed by atoms with Crippen molar-refractivity contribution < 1.29 is 9.53 Å². The zero-order valence-electron chi connectivity index (χ0n) is 10.1. The topological polar surface area (TPSA) is 52.3 Å². The number of carbonyl (C=O) groups is 1. The summed E-state index contributed by atoms with van der Waals surface area (Å²) in [6, 6.07) is 7.87. The fraction of sp³-hybridized carbons (Fsp3) is 0.462. The van der Waals surface area contributed by atoms with Crippen LogP contribution in [0, 0.1) is 5.41 Å². The molecule has 0 bridgehead atoms. The molecule has 88 valence electrons. The maximum Gasteiger partial charge on any atom is 0.226 e. The molecule has 1 rings (SSSR count). The Hall–Kier alpha value is -1.51. The lowest BCUT2D eigenvalue weighted by Crippen LogP contribution is -2.36. The van der Waals surface area contributed by atoms with Crippen molar-refractivity contribution >= 4 is 5.91 Å². The van der Waals surface area contributed by atoms with E-state index in [-0.39, 0.29) is 5.91 Å². The molecule has 0 heterocycles. The number of benzene rings is 1. The van der Waals surface area contributed by atoms with Gasteiger partial charge >= 0.3 is 0 Å². The molecule has 0 unspecified atom stereocenters. The summed E-state index contributed by atoms with van der Waals surface area (Å²) in [5, 5.41) is 0. The molecule has 0 aliphatic rings. The maximum atomic E-state index is 11.1. The lowest BCUT2D eigenvalue weighted by Gasteiger charge is -2.20. The van der Waals surface area contributed by atoms with E-state index in [9.17, 15) is 4.79 Å². The van der Waals surface area contributed by atoms with Crippen LogP contribution in [0.1, 0.15) is 26.3 Å². The van der Waals surface area contributed by atoms with Crippen molar-refractivity contribution in [2.45, 2.75) is 27.2 Å². The highest BCUT2D eigenvalue weighted by Gasteiger charge is 2.25. The lowest BCUT2D eigenvalue weighted by molar-refractivity contribution is -0.127. The Kier molecular flexibility index (Phi) is 3.93. The van der Waals surface area contributed by atoms with Crippen LogP contribution in [0.25, 0.3) is 0 Å². The lowest BCUT2D eigenvalue weighted by atomic mass is 9.94. The molecule has 1 aromatic carbocycles. The predicted octanol–water partition coefficient (Wildman–Crippen LogP) is 2.14. The van der Waals surface area contributed by atoms with E-state index in [1.807, 2.05) is 24.3 Å². The van der Waals surface area contributed by atoms with E-state index >= 15 is 0 Å². The van der Waals surface area contributed by atoms with Crippen LogP contribution in [0.15, 0.2) is 24.3 Å². The maximum absolute atomic E-state index is 11.1. The number of nitrogens with two attached hydrogens (primary N) is 1. The van der Waals surface area contributed by atoms with Crippen LogP contribution in [0.5, 0.6) is 5.75 Å². The van der Waals surface area contributed by atoms with E-state index in [0.29, 0.717) is 6.61 Å². The van der Waals surface area contributed by atoms with Gasteiger partial charge in [0.15, 0.2) is 0 Å². The molecule has 0 radical (unpaired) electrons. The molecule has 3 nitrogen and oxygen atoms in total. The summed E-state index contributed by atoms with van der Waals surface area (Å²) < 4.78 is 5.53. The number of hydrogen-bond acceptors (Lipinski definition) is 2. The molecule has 0 atom stereocenters. The number of amides is 1. The van der Waals surface area contributed by atoms with Crippen LogP contribution in [0.4, 0.5) is 0 Å². The first-order valence-corrected chi connectivity index (χ1v) is 5.47. The Morgan fingerprint density at radius 2 is 1.88 bits per heavy atom. The van der Waals surface area contributed by atoms with Gasteiger partial charge in [0, 0.05) is 0 Å². The van der Waals surface area contributed by atoms with E-state index in [2.05, 4.69) is 6.92 Å². The molecule has 0 fully saturated rings. The Morgan fingerprint density at radius 1 is 1.31 bits per heavy atom. The Balaban J connectivity index is 2.58. The van der Waals surface area contributed by atoms with Gasteiger partial charge in [-0.2, -0.15) is 0 Å². The van der Waals surface area contributed by atoms with Gasteiger partial charge in [-0.05, 0) is 38.0 Å². The average Bonchev–Trinajstić information content (AvgIpc) is 2.27. The normalized spacial score (nSPS) is 11.2. The third-order valence-electron chi connectivity index (χ3n) is 2.60. The number of rotatable bonds is 5. The zero-order valence-corrected chi connectivity index (χ0v) is 10.1. The number of hydrogen-bond donors (Lipinski definition) is 1.